The van der Waals surface area contributed by atoms with Gasteiger partial charge in [0.05, 0.1) is 7.11 Å². The fourth-order valence-electron chi connectivity index (χ4n) is 6.88. The van der Waals surface area contributed by atoms with Crippen molar-refractivity contribution in [3.63, 3.8) is 0 Å². The summed E-state index contributed by atoms with van der Waals surface area (Å²) in [4.78, 5) is 25.4. The highest BCUT2D eigenvalue weighted by Crippen LogP contribution is 2.32. The van der Waals surface area contributed by atoms with Crippen molar-refractivity contribution < 1.29 is 19.1 Å². The second-order valence-electron chi connectivity index (χ2n) is 12.8. The smallest absolute Gasteiger partial charge is 0.238 e. The van der Waals surface area contributed by atoms with Crippen LogP contribution in [0.2, 0.25) is 0 Å². The van der Waals surface area contributed by atoms with Gasteiger partial charge >= 0.3 is 0 Å². The van der Waals surface area contributed by atoms with E-state index in [1.807, 2.05) is 12.1 Å². The van der Waals surface area contributed by atoms with Gasteiger partial charge in [-0.15, -0.1) is 0 Å². The SMILES string of the molecule is COc1ccc2c(c1)CCC(CN(NC(=O)CCC1CCc3cc(OCc4ccc(-c5ccccc5)cc4)ccc3C1)C(C)=O)C2. The van der Waals surface area contributed by atoms with Crippen molar-refractivity contribution in [2.24, 2.45) is 11.8 Å². The summed E-state index contributed by atoms with van der Waals surface area (Å²) in [6, 6.07) is 31.6. The number of carbonyl (C=O) groups is 2. The molecule has 4 aromatic rings. The van der Waals surface area contributed by atoms with Crippen LogP contribution in [-0.2, 0) is 41.9 Å². The second-order valence-corrected chi connectivity index (χ2v) is 12.8. The molecule has 4 aromatic carbocycles. The molecule has 0 heterocycles. The third-order valence-electron chi connectivity index (χ3n) is 9.58. The van der Waals surface area contributed by atoms with Crippen LogP contribution in [0.1, 0.15) is 60.4 Å². The minimum Gasteiger partial charge on any atom is -0.497 e. The number of ether oxygens (including phenoxy) is 2. The summed E-state index contributed by atoms with van der Waals surface area (Å²) in [5.41, 5.74) is 11.8. The first kappa shape index (κ1) is 31.4. The quantitative estimate of drug-likeness (QED) is 0.187. The molecular weight excluding hydrogens is 572 g/mol. The molecule has 1 N–H and O–H groups in total. The van der Waals surface area contributed by atoms with E-state index < -0.39 is 0 Å². The lowest BCUT2D eigenvalue weighted by Gasteiger charge is -2.31. The Morgan fingerprint density at radius 3 is 2.09 bits per heavy atom. The normalized spacial score (nSPS) is 16.9. The largest absolute Gasteiger partial charge is 0.497 e. The minimum absolute atomic E-state index is 0.0810. The van der Waals surface area contributed by atoms with E-state index in [9.17, 15) is 9.59 Å². The number of rotatable bonds is 10. The lowest BCUT2D eigenvalue weighted by molar-refractivity contribution is -0.140. The van der Waals surface area contributed by atoms with E-state index in [4.69, 9.17) is 9.47 Å². The van der Waals surface area contributed by atoms with E-state index in [0.717, 1.165) is 62.0 Å². The Labute approximate surface area is 272 Å². The predicted molar refractivity (Wildman–Crippen MR) is 181 cm³/mol. The molecule has 6 nitrogen and oxygen atoms in total. The molecule has 0 spiro atoms. The van der Waals surface area contributed by atoms with Crippen LogP contribution in [0.3, 0.4) is 0 Å². The Morgan fingerprint density at radius 1 is 0.761 bits per heavy atom. The summed E-state index contributed by atoms with van der Waals surface area (Å²) in [7, 11) is 1.69. The van der Waals surface area contributed by atoms with Crippen molar-refractivity contribution in [2.75, 3.05) is 13.7 Å². The zero-order chi connectivity index (χ0) is 31.9. The molecule has 0 aromatic heterocycles. The molecule has 6 rings (SSSR count). The molecule has 0 bridgehead atoms. The van der Waals surface area contributed by atoms with Gasteiger partial charge in [-0.1, -0.05) is 66.7 Å². The van der Waals surface area contributed by atoms with Crippen molar-refractivity contribution in [2.45, 2.75) is 64.9 Å². The van der Waals surface area contributed by atoms with Crippen LogP contribution in [-0.4, -0.2) is 30.5 Å². The molecule has 2 aliphatic carbocycles. The molecule has 6 heteroatoms. The van der Waals surface area contributed by atoms with E-state index in [1.165, 1.54) is 45.3 Å². The Balaban J connectivity index is 0.950. The number of nitrogens with one attached hydrogen (secondary N) is 1. The summed E-state index contributed by atoms with van der Waals surface area (Å²) >= 11 is 0. The van der Waals surface area contributed by atoms with Gasteiger partial charge in [0.25, 0.3) is 0 Å². The first-order valence-corrected chi connectivity index (χ1v) is 16.6. The first-order valence-electron chi connectivity index (χ1n) is 16.6. The average Bonchev–Trinajstić information content (AvgIpc) is 3.09. The van der Waals surface area contributed by atoms with Crippen LogP contribution >= 0.6 is 0 Å². The van der Waals surface area contributed by atoms with E-state index >= 15 is 0 Å². The average molecular weight is 617 g/mol. The number of hydrogen-bond acceptors (Lipinski definition) is 4. The Bertz CT molecular complexity index is 1650. The van der Waals surface area contributed by atoms with Gasteiger partial charge in [-0.05, 0) is 120 Å². The molecular formula is C40H44N2O4. The molecule has 2 amide bonds. The molecule has 2 atom stereocenters. The number of amides is 2. The van der Waals surface area contributed by atoms with Crippen molar-refractivity contribution in [3.05, 3.63) is 119 Å². The maximum Gasteiger partial charge on any atom is 0.238 e. The standard InChI is InChI=1S/C40H44N2O4/c1-28(43)42(26-31-11-16-36-24-38(45-2)19-17-35(36)23-31)41-40(44)21-12-29-8-15-37-25-39(20-18-34(37)22-29)46-27-30-9-13-33(14-10-30)32-6-4-3-5-7-32/h3-7,9-10,13-14,17-20,24-25,29,31H,8,11-12,15-16,21-23,26-27H2,1-2H3,(H,41,44). The molecule has 2 aliphatic rings. The Morgan fingerprint density at radius 2 is 1.39 bits per heavy atom. The number of benzene rings is 4. The number of fused-ring (bicyclic) bond motifs is 2. The van der Waals surface area contributed by atoms with Crippen molar-refractivity contribution in [1.82, 2.24) is 10.4 Å². The summed E-state index contributed by atoms with van der Waals surface area (Å²) in [5.74, 6) is 2.34. The number of methoxy groups -OCH3 is 1. The molecule has 238 valence electrons. The highest BCUT2D eigenvalue weighted by atomic mass is 16.5. The van der Waals surface area contributed by atoms with Crippen LogP contribution in [0, 0.1) is 11.8 Å². The number of aryl methyl sites for hydroxylation is 2. The maximum absolute atomic E-state index is 12.9. The van der Waals surface area contributed by atoms with Crippen LogP contribution < -0.4 is 14.9 Å². The van der Waals surface area contributed by atoms with E-state index in [-0.39, 0.29) is 11.8 Å². The Hall–Kier alpha value is -4.58. The van der Waals surface area contributed by atoms with E-state index in [0.29, 0.717) is 31.4 Å². The van der Waals surface area contributed by atoms with Crippen molar-refractivity contribution in [3.8, 4) is 22.6 Å². The van der Waals surface area contributed by atoms with Gasteiger partial charge in [-0.25, -0.2) is 0 Å². The lowest BCUT2D eigenvalue weighted by atomic mass is 9.81. The zero-order valence-corrected chi connectivity index (χ0v) is 27.0. The zero-order valence-electron chi connectivity index (χ0n) is 27.0. The highest BCUT2D eigenvalue weighted by molar-refractivity contribution is 5.80. The summed E-state index contributed by atoms with van der Waals surface area (Å²) in [6.07, 6.45) is 7.06. The predicted octanol–water partition coefficient (Wildman–Crippen LogP) is 7.51. The second kappa shape index (κ2) is 14.7. The minimum atomic E-state index is -0.123. The van der Waals surface area contributed by atoms with Crippen molar-refractivity contribution >= 4 is 11.8 Å². The molecule has 0 saturated heterocycles. The van der Waals surface area contributed by atoms with Gasteiger partial charge in [0.2, 0.25) is 11.8 Å². The van der Waals surface area contributed by atoms with Gasteiger partial charge in [0.1, 0.15) is 18.1 Å². The number of carbonyl (C=O) groups excluding carboxylic acids is 2. The van der Waals surface area contributed by atoms with Crippen LogP contribution in [0.4, 0.5) is 0 Å². The summed E-state index contributed by atoms with van der Waals surface area (Å²) in [5, 5.41) is 1.52. The third kappa shape index (κ3) is 7.97. The molecule has 46 heavy (non-hydrogen) atoms. The van der Waals surface area contributed by atoms with Gasteiger partial charge in [0, 0.05) is 19.9 Å². The van der Waals surface area contributed by atoms with Gasteiger partial charge in [-0.2, -0.15) is 0 Å². The lowest BCUT2D eigenvalue weighted by Crippen LogP contribution is -2.48. The summed E-state index contributed by atoms with van der Waals surface area (Å²) in [6.45, 7) is 2.60. The molecule has 0 radical (unpaired) electrons. The highest BCUT2D eigenvalue weighted by Gasteiger charge is 2.25. The fourth-order valence-corrected chi connectivity index (χ4v) is 6.88. The van der Waals surface area contributed by atoms with Crippen molar-refractivity contribution in [1.29, 1.82) is 0 Å². The number of hydrogen-bond donors (Lipinski definition) is 1. The Kier molecular flexibility index (Phi) is 10.0. The number of nitrogens with zero attached hydrogens (tertiary/aromatic N) is 1. The topological polar surface area (TPSA) is 67.9 Å². The number of hydrazine groups is 1. The third-order valence-corrected chi connectivity index (χ3v) is 9.58. The van der Waals surface area contributed by atoms with Gasteiger partial charge in [0.15, 0.2) is 0 Å². The summed E-state index contributed by atoms with van der Waals surface area (Å²) < 4.78 is 11.5. The van der Waals surface area contributed by atoms with E-state index in [1.54, 1.807) is 7.11 Å². The van der Waals surface area contributed by atoms with Gasteiger partial charge in [-0.3, -0.25) is 20.0 Å². The molecule has 2 unspecified atom stereocenters. The van der Waals surface area contributed by atoms with Gasteiger partial charge < -0.3 is 9.47 Å². The van der Waals surface area contributed by atoms with Crippen LogP contribution in [0.15, 0.2) is 91.0 Å². The van der Waals surface area contributed by atoms with E-state index in [2.05, 4.69) is 84.3 Å². The van der Waals surface area contributed by atoms with Crippen LogP contribution in [0.5, 0.6) is 11.5 Å². The molecule has 0 fully saturated rings. The molecule has 0 aliphatic heterocycles. The molecule has 0 saturated carbocycles. The fraction of sp³-hybridized carbons (Fsp3) is 0.350. The first-order chi connectivity index (χ1) is 22.4. The van der Waals surface area contributed by atoms with Crippen LogP contribution in [0.25, 0.3) is 11.1 Å². The monoisotopic (exact) mass is 616 g/mol. The maximum atomic E-state index is 12.9.